The number of aromatic nitrogens is 2. The van der Waals surface area contributed by atoms with Gasteiger partial charge in [0.15, 0.2) is 0 Å². The summed E-state index contributed by atoms with van der Waals surface area (Å²) >= 11 is 0. The summed E-state index contributed by atoms with van der Waals surface area (Å²) in [6.45, 7) is 4.26. The Morgan fingerprint density at radius 1 is 0.964 bits per heavy atom. The number of amides is 1. The molecular formula is C24H23N3O. The molecule has 0 unspecified atom stereocenters. The fourth-order valence-electron chi connectivity index (χ4n) is 3.42. The summed E-state index contributed by atoms with van der Waals surface area (Å²) in [4.78, 5) is 17.6. The van der Waals surface area contributed by atoms with Crippen LogP contribution < -0.4 is 5.32 Å². The van der Waals surface area contributed by atoms with Crippen molar-refractivity contribution in [1.29, 1.82) is 0 Å². The number of anilines is 1. The van der Waals surface area contributed by atoms with E-state index in [0.29, 0.717) is 6.42 Å². The highest BCUT2D eigenvalue weighted by molar-refractivity contribution is 5.92. The summed E-state index contributed by atoms with van der Waals surface area (Å²) < 4.78 is 2.02. The molecule has 0 spiro atoms. The highest BCUT2D eigenvalue weighted by Crippen LogP contribution is 2.20. The van der Waals surface area contributed by atoms with Gasteiger partial charge in [-0.05, 0) is 48.7 Å². The van der Waals surface area contributed by atoms with Crippen molar-refractivity contribution in [1.82, 2.24) is 9.55 Å². The molecule has 0 saturated heterocycles. The summed E-state index contributed by atoms with van der Waals surface area (Å²) in [6.07, 6.45) is 0.687. The number of para-hydroxylation sites is 2. The van der Waals surface area contributed by atoms with E-state index in [4.69, 9.17) is 4.98 Å². The quantitative estimate of drug-likeness (QED) is 0.545. The number of hydrogen-bond donors (Lipinski definition) is 1. The van der Waals surface area contributed by atoms with E-state index in [9.17, 15) is 4.79 Å². The third kappa shape index (κ3) is 3.81. The van der Waals surface area contributed by atoms with Crippen LogP contribution in [0.3, 0.4) is 0 Å². The first-order valence-corrected chi connectivity index (χ1v) is 9.45. The van der Waals surface area contributed by atoms with Crippen molar-refractivity contribution in [3.05, 3.63) is 95.3 Å². The zero-order chi connectivity index (χ0) is 19.5. The molecule has 140 valence electrons. The number of fused-ring (bicyclic) bond motifs is 1. The first-order chi connectivity index (χ1) is 13.6. The number of aryl methyl sites for hydroxylation is 2. The molecule has 0 aliphatic carbocycles. The topological polar surface area (TPSA) is 46.9 Å². The Morgan fingerprint density at radius 3 is 2.54 bits per heavy atom. The fourth-order valence-corrected chi connectivity index (χ4v) is 3.42. The summed E-state index contributed by atoms with van der Waals surface area (Å²) in [5.74, 6) is 0.842. The lowest BCUT2D eigenvalue weighted by molar-refractivity contribution is -0.116. The van der Waals surface area contributed by atoms with E-state index < -0.39 is 0 Å². The summed E-state index contributed by atoms with van der Waals surface area (Å²) in [5, 5.41) is 3.06. The smallest absolute Gasteiger partial charge is 0.244 e. The van der Waals surface area contributed by atoms with Crippen LogP contribution in [0.4, 0.5) is 5.69 Å². The number of carbonyl (C=O) groups is 1. The molecule has 0 bridgehead atoms. The van der Waals surface area contributed by atoms with Crippen LogP contribution in [0, 0.1) is 13.8 Å². The van der Waals surface area contributed by atoms with Crippen LogP contribution in [0.1, 0.15) is 22.5 Å². The zero-order valence-corrected chi connectivity index (χ0v) is 16.1. The minimum atomic E-state index is -0.0498. The molecule has 0 radical (unpaired) electrons. The molecule has 0 saturated carbocycles. The van der Waals surface area contributed by atoms with Crippen LogP contribution in [-0.4, -0.2) is 15.5 Å². The lowest BCUT2D eigenvalue weighted by Gasteiger charge is -2.12. The largest absolute Gasteiger partial charge is 0.324 e. The molecule has 3 aromatic carbocycles. The number of nitrogens with zero attached hydrogens (tertiary/aromatic N) is 2. The van der Waals surface area contributed by atoms with Crippen molar-refractivity contribution in [2.45, 2.75) is 26.8 Å². The fraction of sp³-hybridized carbons (Fsp3) is 0.167. The van der Waals surface area contributed by atoms with Crippen LogP contribution in [0.15, 0.2) is 72.8 Å². The van der Waals surface area contributed by atoms with Gasteiger partial charge in [0.2, 0.25) is 5.91 Å². The third-order valence-corrected chi connectivity index (χ3v) is 4.91. The van der Waals surface area contributed by atoms with Crippen LogP contribution in [0.5, 0.6) is 0 Å². The van der Waals surface area contributed by atoms with E-state index in [0.717, 1.165) is 33.7 Å². The van der Waals surface area contributed by atoms with Gasteiger partial charge in [0.05, 0.1) is 11.0 Å². The first kappa shape index (κ1) is 18.0. The molecule has 0 aliphatic heterocycles. The molecule has 0 fully saturated rings. The van der Waals surface area contributed by atoms with E-state index in [-0.39, 0.29) is 12.5 Å². The Labute approximate surface area is 164 Å². The molecule has 4 heteroatoms. The maximum atomic E-state index is 12.8. The maximum absolute atomic E-state index is 12.8. The standard InChI is InChI=1S/C24H23N3O/c1-17-12-13-18(2)21(14-17)26-24(28)16-27-22-11-7-6-10-20(22)25-23(27)15-19-8-4-3-5-9-19/h3-14H,15-16H2,1-2H3,(H,26,28). The zero-order valence-electron chi connectivity index (χ0n) is 16.1. The van der Waals surface area contributed by atoms with Gasteiger partial charge in [-0.1, -0.05) is 54.6 Å². The highest BCUT2D eigenvalue weighted by Gasteiger charge is 2.14. The molecule has 1 amide bonds. The Hall–Kier alpha value is -3.40. The molecule has 4 rings (SSSR count). The normalized spacial score (nSPS) is 10.9. The van der Waals surface area contributed by atoms with Crippen LogP contribution >= 0.6 is 0 Å². The van der Waals surface area contributed by atoms with Gasteiger partial charge in [-0.3, -0.25) is 4.79 Å². The number of hydrogen-bond acceptors (Lipinski definition) is 2. The van der Waals surface area contributed by atoms with Gasteiger partial charge in [-0.25, -0.2) is 4.98 Å². The van der Waals surface area contributed by atoms with E-state index in [1.807, 2.05) is 79.1 Å². The Kier molecular flexibility index (Phi) is 4.94. The summed E-state index contributed by atoms with van der Waals surface area (Å²) in [6, 6.07) is 24.3. The van der Waals surface area contributed by atoms with Crippen molar-refractivity contribution >= 4 is 22.6 Å². The van der Waals surface area contributed by atoms with Crippen molar-refractivity contribution in [3.63, 3.8) is 0 Å². The Balaban J connectivity index is 1.64. The molecule has 4 nitrogen and oxygen atoms in total. The van der Waals surface area contributed by atoms with Gasteiger partial charge < -0.3 is 9.88 Å². The molecule has 4 aromatic rings. The molecular weight excluding hydrogens is 346 g/mol. The van der Waals surface area contributed by atoms with Gasteiger partial charge in [-0.2, -0.15) is 0 Å². The monoisotopic (exact) mass is 369 g/mol. The number of imidazole rings is 1. The second kappa shape index (κ2) is 7.69. The Bertz CT molecular complexity index is 1130. The van der Waals surface area contributed by atoms with E-state index >= 15 is 0 Å². The van der Waals surface area contributed by atoms with Gasteiger partial charge >= 0.3 is 0 Å². The predicted octanol–water partition coefficient (Wildman–Crippen LogP) is 4.88. The minimum absolute atomic E-state index is 0.0498. The lowest BCUT2D eigenvalue weighted by atomic mass is 10.1. The van der Waals surface area contributed by atoms with Crippen LogP contribution in [0.2, 0.25) is 0 Å². The van der Waals surface area contributed by atoms with Crippen molar-refractivity contribution in [3.8, 4) is 0 Å². The van der Waals surface area contributed by atoms with E-state index in [1.165, 1.54) is 5.56 Å². The van der Waals surface area contributed by atoms with Crippen LogP contribution in [0.25, 0.3) is 11.0 Å². The first-order valence-electron chi connectivity index (χ1n) is 9.45. The van der Waals surface area contributed by atoms with Gasteiger partial charge in [-0.15, -0.1) is 0 Å². The maximum Gasteiger partial charge on any atom is 0.244 e. The number of rotatable bonds is 5. The van der Waals surface area contributed by atoms with Crippen LogP contribution in [-0.2, 0) is 17.8 Å². The molecule has 0 atom stereocenters. The Morgan fingerprint density at radius 2 is 1.71 bits per heavy atom. The molecule has 1 aromatic heterocycles. The third-order valence-electron chi connectivity index (χ3n) is 4.91. The minimum Gasteiger partial charge on any atom is -0.324 e. The number of benzene rings is 3. The summed E-state index contributed by atoms with van der Waals surface area (Å²) in [7, 11) is 0. The SMILES string of the molecule is Cc1ccc(C)c(NC(=O)Cn2c(Cc3ccccc3)nc3ccccc32)c1. The number of carbonyl (C=O) groups excluding carboxylic acids is 1. The molecule has 1 heterocycles. The predicted molar refractivity (Wildman–Crippen MR) is 114 cm³/mol. The average molecular weight is 369 g/mol. The molecule has 0 aliphatic rings. The summed E-state index contributed by atoms with van der Waals surface area (Å²) in [5.41, 5.74) is 6.10. The second-order valence-electron chi connectivity index (χ2n) is 7.13. The van der Waals surface area contributed by atoms with Crippen molar-refractivity contribution in [2.24, 2.45) is 0 Å². The molecule has 1 N–H and O–H groups in total. The van der Waals surface area contributed by atoms with Gasteiger partial charge in [0.25, 0.3) is 0 Å². The van der Waals surface area contributed by atoms with Crippen molar-refractivity contribution < 1.29 is 4.79 Å². The van der Waals surface area contributed by atoms with Crippen molar-refractivity contribution in [2.75, 3.05) is 5.32 Å². The van der Waals surface area contributed by atoms with E-state index in [1.54, 1.807) is 0 Å². The second-order valence-corrected chi connectivity index (χ2v) is 7.13. The highest BCUT2D eigenvalue weighted by atomic mass is 16.1. The number of nitrogens with one attached hydrogen (secondary N) is 1. The van der Waals surface area contributed by atoms with E-state index in [2.05, 4.69) is 17.4 Å². The average Bonchev–Trinajstić information content (AvgIpc) is 3.02. The lowest BCUT2D eigenvalue weighted by Crippen LogP contribution is -2.20. The molecule has 28 heavy (non-hydrogen) atoms. The van der Waals surface area contributed by atoms with Gasteiger partial charge in [0.1, 0.15) is 12.4 Å². The van der Waals surface area contributed by atoms with Gasteiger partial charge in [0, 0.05) is 12.1 Å².